The number of halogens is 1. The molecule has 206 valence electrons. The lowest BCUT2D eigenvalue weighted by atomic mass is 9.93. The second-order valence-electron chi connectivity index (χ2n) is 9.43. The van der Waals surface area contributed by atoms with Crippen LogP contribution in [0.3, 0.4) is 0 Å². The normalized spacial score (nSPS) is 17.2. The third-order valence-electron chi connectivity index (χ3n) is 7.09. The molecule has 41 heavy (non-hydrogen) atoms. The van der Waals surface area contributed by atoms with E-state index in [1.807, 2.05) is 54.6 Å². The molecule has 2 aliphatic rings. The van der Waals surface area contributed by atoms with Crippen molar-refractivity contribution in [2.75, 3.05) is 25.7 Å². The summed E-state index contributed by atoms with van der Waals surface area (Å²) in [6.45, 7) is 1.88. The van der Waals surface area contributed by atoms with Crippen molar-refractivity contribution in [2.24, 2.45) is 4.99 Å². The van der Waals surface area contributed by atoms with Gasteiger partial charge in [-0.3, -0.25) is 14.2 Å². The number of ether oxygens (including phenoxy) is 2. The Bertz CT molecular complexity index is 1940. The van der Waals surface area contributed by atoms with Gasteiger partial charge in [0.2, 0.25) is 0 Å². The van der Waals surface area contributed by atoms with E-state index in [0.29, 0.717) is 44.2 Å². The average Bonchev–Trinajstić information content (AvgIpc) is 3.43. The molecule has 0 saturated carbocycles. The van der Waals surface area contributed by atoms with Crippen molar-refractivity contribution < 1.29 is 19.1 Å². The van der Waals surface area contributed by atoms with Crippen LogP contribution in [-0.4, -0.2) is 37.2 Å². The van der Waals surface area contributed by atoms with Crippen molar-refractivity contribution in [2.45, 2.75) is 13.0 Å². The Morgan fingerprint density at radius 3 is 2.56 bits per heavy atom. The first-order valence-corrected chi connectivity index (χ1v) is 14.5. The van der Waals surface area contributed by atoms with E-state index in [4.69, 9.17) is 14.5 Å². The molecule has 8 nitrogen and oxygen atoms in total. The minimum atomic E-state index is -0.874. The largest absolute Gasteiger partial charge is 0.497 e. The van der Waals surface area contributed by atoms with Gasteiger partial charge < -0.3 is 14.4 Å². The van der Waals surface area contributed by atoms with Gasteiger partial charge in [-0.1, -0.05) is 69.7 Å². The highest BCUT2D eigenvalue weighted by molar-refractivity contribution is 9.10. The van der Waals surface area contributed by atoms with Gasteiger partial charge in [-0.2, -0.15) is 0 Å². The summed E-state index contributed by atoms with van der Waals surface area (Å²) in [5.41, 5.74) is 3.24. The molecule has 1 amide bonds. The Balaban J connectivity index is 1.73. The van der Waals surface area contributed by atoms with Crippen LogP contribution in [0.4, 0.5) is 5.69 Å². The van der Waals surface area contributed by atoms with Crippen LogP contribution >= 0.6 is 27.3 Å². The number of hydrogen-bond donors (Lipinski definition) is 0. The van der Waals surface area contributed by atoms with E-state index >= 15 is 0 Å². The van der Waals surface area contributed by atoms with Gasteiger partial charge in [-0.25, -0.2) is 9.79 Å². The minimum Gasteiger partial charge on any atom is -0.497 e. The zero-order chi connectivity index (χ0) is 28.8. The van der Waals surface area contributed by atoms with Gasteiger partial charge in [0.25, 0.3) is 11.5 Å². The number of aromatic nitrogens is 1. The fourth-order valence-electron chi connectivity index (χ4n) is 5.23. The summed E-state index contributed by atoms with van der Waals surface area (Å²) < 4.78 is 13.5. The second-order valence-corrected chi connectivity index (χ2v) is 11.3. The topological polar surface area (TPSA) is 90.2 Å². The van der Waals surface area contributed by atoms with Crippen LogP contribution in [0.1, 0.15) is 29.7 Å². The maximum atomic E-state index is 14.4. The summed E-state index contributed by atoms with van der Waals surface area (Å²) in [4.78, 5) is 48.3. The van der Waals surface area contributed by atoms with Crippen molar-refractivity contribution in [3.05, 3.63) is 119 Å². The number of fused-ring (bicyclic) bond motifs is 2. The molecule has 4 aromatic rings. The van der Waals surface area contributed by atoms with Crippen molar-refractivity contribution in [3.8, 4) is 5.75 Å². The molecular weight excluding hydrogens is 606 g/mol. The summed E-state index contributed by atoms with van der Waals surface area (Å²) in [5.74, 6) is -0.290. The molecule has 0 saturated heterocycles. The van der Waals surface area contributed by atoms with Gasteiger partial charge >= 0.3 is 5.97 Å². The number of amides is 1. The monoisotopic (exact) mass is 629 g/mol. The molecule has 3 heterocycles. The minimum absolute atomic E-state index is 0.149. The first-order valence-electron chi connectivity index (χ1n) is 12.9. The molecule has 0 spiro atoms. The molecule has 1 atom stereocenters. The quantitative estimate of drug-likeness (QED) is 0.311. The SMILES string of the molecule is CCOC(=O)C1=C(c2ccccc2)N=c2s/c(=C3\C(=O)N(C)c4ccc(Br)cc43)c(=O)n2[C@@H]1c1cccc(OC)c1. The van der Waals surface area contributed by atoms with E-state index < -0.39 is 17.6 Å². The first-order chi connectivity index (χ1) is 19.8. The molecule has 0 aliphatic carbocycles. The number of rotatable bonds is 5. The molecule has 2 aliphatic heterocycles. The van der Waals surface area contributed by atoms with Gasteiger partial charge in [0.05, 0.1) is 42.3 Å². The molecule has 3 aromatic carbocycles. The molecule has 0 bridgehead atoms. The van der Waals surface area contributed by atoms with E-state index in [2.05, 4.69) is 15.9 Å². The highest BCUT2D eigenvalue weighted by Crippen LogP contribution is 2.38. The zero-order valence-electron chi connectivity index (χ0n) is 22.4. The smallest absolute Gasteiger partial charge is 0.338 e. The second kappa shape index (κ2) is 10.6. The third kappa shape index (κ3) is 4.43. The van der Waals surface area contributed by atoms with Gasteiger partial charge in [0, 0.05) is 22.6 Å². The molecule has 6 rings (SSSR count). The number of thiazole rings is 1. The number of carbonyl (C=O) groups excluding carboxylic acids is 2. The first kappa shape index (κ1) is 26.9. The van der Waals surface area contributed by atoms with Gasteiger partial charge in [0.1, 0.15) is 10.3 Å². The van der Waals surface area contributed by atoms with Gasteiger partial charge in [0.15, 0.2) is 4.80 Å². The van der Waals surface area contributed by atoms with Crippen LogP contribution in [0, 0.1) is 0 Å². The highest BCUT2D eigenvalue weighted by Gasteiger charge is 2.37. The molecule has 0 N–H and O–H groups in total. The summed E-state index contributed by atoms with van der Waals surface area (Å²) in [5, 5.41) is 0. The summed E-state index contributed by atoms with van der Waals surface area (Å²) in [6, 6.07) is 21.2. The van der Waals surface area contributed by atoms with E-state index in [-0.39, 0.29) is 22.6 Å². The van der Waals surface area contributed by atoms with Crippen LogP contribution in [0.5, 0.6) is 5.75 Å². The lowest BCUT2D eigenvalue weighted by Crippen LogP contribution is -2.40. The predicted octanol–water partition coefficient (Wildman–Crippen LogP) is 4.05. The maximum Gasteiger partial charge on any atom is 0.338 e. The van der Waals surface area contributed by atoms with Crippen LogP contribution < -0.4 is 24.5 Å². The number of nitrogens with zero attached hydrogens (tertiary/aromatic N) is 3. The lowest BCUT2D eigenvalue weighted by molar-refractivity contribution is -0.138. The molecule has 0 radical (unpaired) electrons. The van der Waals surface area contributed by atoms with Gasteiger partial charge in [-0.15, -0.1) is 0 Å². The molecule has 10 heteroatoms. The molecule has 0 fully saturated rings. The van der Waals surface area contributed by atoms with Crippen molar-refractivity contribution in [1.29, 1.82) is 0 Å². The number of carbonyl (C=O) groups is 2. The maximum absolute atomic E-state index is 14.4. The number of benzene rings is 3. The van der Waals surface area contributed by atoms with E-state index in [1.165, 1.54) is 9.47 Å². The van der Waals surface area contributed by atoms with E-state index in [1.54, 1.807) is 39.3 Å². The Morgan fingerprint density at radius 2 is 1.83 bits per heavy atom. The average molecular weight is 631 g/mol. The predicted molar refractivity (Wildman–Crippen MR) is 161 cm³/mol. The van der Waals surface area contributed by atoms with Crippen molar-refractivity contribution >= 4 is 56.1 Å². The number of anilines is 1. The lowest BCUT2D eigenvalue weighted by Gasteiger charge is -2.26. The van der Waals surface area contributed by atoms with Crippen LogP contribution in [0.25, 0.3) is 11.3 Å². The Morgan fingerprint density at radius 1 is 1.05 bits per heavy atom. The Labute approximate surface area is 247 Å². The number of hydrogen-bond acceptors (Lipinski definition) is 7. The van der Waals surface area contributed by atoms with E-state index in [9.17, 15) is 14.4 Å². The summed E-state index contributed by atoms with van der Waals surface area (Å²) >= 11 is 4.63. The summed E-state index contributed by atoms with van der Waals surface area (Å²) in [7, 11) is 3.24. The van der Waals surface area contributed by atoms with Crippen LogP contribution in [0.2, 0.25) is 0 Å². The number of esters is 1. The summed E-state index contributed by atoms with van der Waals surface area (Å²) in [6.07, 6.45) is 0. The standard InChI is InChI=1S/C31H24BrN3O5S/c1-4-40-30(38)24-25(17-9-6-5-7-10-17)33-31-35(26(24)18-11-8-12-20(15-18)39-3)29(37)27(41-31)23-21-16-19(32)13-14-22(21)34(2)28(23)36/h5-16,26H,4H2,1-3H3/b27-23-/t26-/m1/s1. The Kier molecular flexibility index (Phi) is 6.96. The zero-order valence-corrected chi connectivity index (χ0v) is 24.8. The van der Waals surface area contributed by atoms with Crippen LogP contribution in [-0.2, 0) is 14.3 Å². The Hall–Kier alpha value is -4.28. The van der Waals surface area contributed by atoms with E-state index in [0.717, 1.165) is 15.8 Å². The fraction of sp³-hybridized carbons (Fsp3) is 0.161. The van der Waals surface area contributed by atoms with Crippen molar-refractivity contribution in [1.82, 2.24) is 4.57 Å². The number of likely N-dealkylation sites (N-methyl/N-ethyl adjacent to an activating group) is 1. The molecule has 0 unspecified atom stereocenters. The van der Waals surface area contributed by atoms with Crippen molar-refractivity contribution in [3.63, 3.8) is 0 Å². The molecule has 1 aromatic heterocycles. The van der Waals surface area contributed by atoms with Gasteiger partial charge in [-0.05, 0) is 42.8 Å². The third-order valence-corrected chi connectivity index (χ3v) is 8.64. The molecular formula is C31H24BrN3O5S. The highest BCUT2D eigenvalue weighted by atomic mass is 79.9. The fourth-order valence-corrected chi connectivity index (χ4v) is 6.68. The number of methoxy groups -OCH3 is 1. The van der Waals surface area contributed by atoms with Crippen LogP contribution in [0.15, 0.2) is 92.6 Å².